The number of rotatable bonds is 11. The van der Waals surface area contributed by atoms with Gasteiger partial charge in [0.25, 0.3) is 0 Å². The van der Waals surface area contributed by atoms with E-state index in [2.05, 4.69) is 52.9 Å². The van der Waals surface area contributed by atoms with Crippen molar-refractivity contribution in [2.75, 3.05) is 6.61 Å². The molecular formula is C22H38O3Si. The molecule has 1 rings (SSSR count). The summed E-state index contributed by atoms with van der Waals surface area (Å²) in [6.07, 6.45) is 3.02. The van der Waals surface area contributed by atoms with Gasteiger partial charge in [0.05, 0.1) is 12.7 Å². The molecule has 26 heavy (non-hydrogen) atoms. The molecule has 0 unspecified atom stereocenters. The van der Waals surface area contributed by atoms with Crippen molar-refractivity contribution >= 4 is 14.6 Å². The van der Waals surface area contributed by atoms with E-state index in [9.17, 15) is 4.79 Å². The summed E-state index contributed by atoms with van der Waals surface area (Å²) in [5.74, 6) is 0.258. The topological polar surface area (TPSA) is 35.5 Å². The number of hydrogen-bond donors (Lipinski definition) is 0. The van der Waals surface area contributed by atoms with Crippen LogP contribution in [0.3, 0.4) is 0 Å². The van der Waals surface area contributed by atoms with Gasteiger partial charge in [0, 0.05) is 12.5 Å². The van der Waals surface area contributed by atoms with E-state index in [-0.39, 0.29) is 17.1 Å². The van der Waals surface area contributed by atoms with Crippen molar-refractivity contribution in [2.45, 2.75) is 78.3 Å². The average Bonchev–Trinajstić information content (AvgIpc) is 2.58. The largest absolute Gasteiger partial charge is 0.413 e. The fraction of sp³-hybridized carbons (Fsp3) is 0.682. The molecule has 0 aromatic heterocycles. The van der Waals surface area contributed by atoms with Crippen molar-refractivity contribution in [1.82, 2.24) is 0 Å². The van der Waals surface area contributed by atoms with Crippen LogP contribution in [0.2, 0.25) is 18.1 Å². The molecule has 0 aliphatic carbocycles. The third-order valence-corrected chi connectivity index (χ3v) is 10.1. The van der Waals surface area contributed by atoms with E-state index in [0.717, 1.165) is 25.7 Å². The number of aldehydes is 1. The zero-order valence-corrected chi connectivity index (χ0v) is 18.7. The molecule has 0 heterocycles. The highest BCUT2D eigenvalue weighted by Gasteiger charge is 2.41. The minimum absolute atomic E-state index is 0.0116. The summed E-state index contributed by atoms with van der Waals surface area (Å²) in [4.78, 5) is 11.4. The van der Waals surface area contributed by atoms with Gasteiger partial charge in [0.15, 0.2) is 8.32 Å². The van der Waals surface area contributed by atoms with Crippen LogP contribution >= 0.6 is 0 Å². The lowest BCUT2D eigenvalue weighted by molar-refractivity contribution is -0.114. The minimum atomic E-state index is -1.90. The van der Waals surface area contributed by atoms with E-state index in [1.807, 2.05) is 25.1 Å². The highest BCUT2D eigenvalue weighted by Crippen LogP contribution is 2.39. The molecule has 0 fully saturated rings. The second-order valence-electron chi connectivity index (χ2n) is 9.00. The summed E-state index contributed by atoms with van der Waals surface area (Å²) in [6.45, 7) is 16.8. The highest BCUT2D eigenvalue weighted by atomic mass is 28.4. The smallest absolute Gasteiger partial charge is 0.192 e. The Morgan fingerprint density at radius 3 is 2.27 bits per heavy atom. The maximum Gasteiger partial charge on any atom is 0.192 e. The van der Waals surface area contributed by atoms with Gasteiger partial charge in [-0.15, -0.1) is 0 Å². The van der Waals surface area contributed by atoms with E-state index in [4.69, 9.17) is 9.16 Å². The quantitative estimate of drug-likeness (QED) is 0.275. The first kappa shape index (κ1) is 23.1. The van der Waals surface area contributed by atoms with Gasteiger partial charge in [-0.05, 0) is 42.5 Å². The Morgan fingerprint density at radius 1 is 1.12 bits per heavy atom. The third-order valence-electron chi connectivity index (χ3n) is 5.59. The van der Waals surface area contributed by atoms with E-state index >= 15 is 0 Å². The third kappa shape index (κ3) is 7.34. The van der Waals surface area contributed by atoms with E-state index < -0.39 is 8.32 Å². The van der Waals surface area contributed by atoms with Crippen LogP contribution in [0.15, 0.2) is 30.3 Å². The number of carbonyl (C=O) groups is 1. The van der Waals surface area contributed by atoms with Crippen LogP contribution < -0.4 is 0 Å². The molecule has 3 atom stereocenters. The first-order chi connectivity index (χ1) is 12.1. The normalized spacial score (nSPS) is 16.1. The number of ether oxygens (including phenoxy) is 1. The Hall–Kier alpha value is -0.973. The Morgan fingerprint density at radius 2 is 1.73 bits per heavy atom. The molecule has 0 bridgehead atoms. The van der Waals surface area contributed by atoms with Crippen molar-refractivity contribution in [2.24, 2.45) is 11.8 Å². The van der Waals surface area contributed by atoms with Crippen LogP contribution in [0.5, 0.6) is 0 Å². The maximum atomic E-state index is 11.4. The van der Waals surface area contributed by atoms with Crippen LogP contribution in [-0.4, -0.2) is 27.3 Å². The van der Waals surface area contributed by atoms with Gasteiger partial charge in [0.2, 0.25) is 0 Å². The van der Waals surface area contributed by atoms with E-state index in [0.29, 0.717) is 12.5 Å². The zero-order valence-electron chi connectivity index (χ0n) is 17.7. The second kappa shape index (κ2) is 10.4. The summed E-state index contributed by atoms with van der Waals surface area (Å²) in [5.41, 5.74) is 1.20. The predicted octanol–water partition coefficient (Wildman–Crippen LogP) is 5.84. The van der Waals surface area contributed by atoms with Gasteiger partial charge < -0.3 is 14.0 Å². The molecule has 3 nitrogen and oxygen atoms in total. The van der Waals surface area contributed by atoms with Crippen molar-refractivity contribution in [3.8, 4) is 0 Å². The van der Waals surface area contributed by atoms with Gasteiger partial charge in [-0.2, -0.15) is 0 Å². The van der Waals surface area contributed by atoms with E-state index in [1.54, 1.807) is 0 Å². The molecule has 4 heteroatoms. The van der Waals surface area contributed by atoms with E-state index in [1.165, 1.54) is 5.56 Å². The van der Waals surface area contributed by atoms with Crippen LogP contribution in [-0.2, 0) is 20.6 Å². The second-order valence-corrected chi connectivity index (χ2v) is 13.8. The average molecular weight is 379 g/mol. The predicted molar refractivity (Wildman–Crippen MR) is 112 cm³/mol. The highest BCUT2D eigenvalue weighted by molar-refractivity contribution is 6.74. The first-order valence-corrected chi connectivity index (χ1v) is 12.7. The summed E-state index contributed by atoms with van der Waals surface area (Å²) in [7, 11) is -1.90. The minimum Gasteiger partial charge on any atom is -0.413 e. The van der Waals surface area contributed by atoms with Gasteiger partial charge in [-0.1, -0.05) is 65.0 Å². The number of carbonyl (C=O) groups excluding carboxylic acids is 1. The van der Waals surface area contributed by atoms with Gasteiger partial charge in [-0.25, -0.2) is 0 Å². The molecule has 0 amide bonds. The lowest BCUT2D eigenvalue weighted by atomic mass is 9.91. The molecule has 0 aliphatic rings. The molecule has 0 aliphatic heterocycles. The molecule has 0 N–H and O–H groups in total. The molecule has 1 aromatic rings. The molecule has 0 radical (unpaired) electrons. The number of benzene rings is 1. The van der Waals surface area contributed by atoms with Crippen LogP contribution in [0, 0.1) is 11.8 Å². The SMILES string of the molecule is C[C@@H](C=O)[C@@H](O[Si](C)(C)C(C)(C)C)[C@@H](C)CCCOCc1ccccc1. The molecule has 1 aromatic carbocycles. The summed E-state index contributed by atoms with van der Waals surface area (Å²) >= 11 is 0. The summed E-state index contributed by atoms with van der Waals surface area (Å²) in [6, 6.07) is 10.2. The molecule has 0 spiro atoms. The van der Waals surface area contributed by atoms with Crippen molar-refractivity contribution in [3.63, 3.8) is 0 Å². The first-order valence-electron chi connectivity index (χ1n) is 9.83. The van der Waals surface area contributed by atoms with Gasteiger partial charge >= 0.3 is 0 Å². The number of hydrogen-bond acceptors (Lipinski definition) is 3. The molecular weight excluding hydrogens is 340 g/mol. The lowest BCUT2D eigenvalue weighted by Gasteiger charge is -2.42. The van der Waals surface area contributed by atoms with Crippen molar-refractivity contribution in [1.29, 1.82) is 0 Å². The van der Waals surface area contributed by atoms with Crippen LogP contribution in [0.4, 0.5) is 0 Å². The maximum absolute atomic E-state index is 11.4. The summed E-state index contributed by atoms with van der Waals surface area (Å²) in [5, 5.41) is 0.145. The van der Waals surface area contributed by atoms with Crippen molar-refractivity contribution < 1.29 is 14.0 Å². The standard InChI is InChI=1S/C22H38O3Si/c1-18(12-11-15-24-17-20-13-9-8-10-14-20)21(19(2)16-23)25-26(6,7)22(3,4)5/h8-10,13-14,16,18-19,21H,11-12,15,17H2,1-7H3/t18-,19-,21-/m0/s1. The van der Waals surface area contributed by atoms with Gasteiger partial charge in [-0.3, -0.25) is 0 Å². The van der Waals surface area contributed by atoms with Crippen molar-refractivity contribution in [3.05, 3.63) is 35.9 Å². The Bertz CT molecular complexity index is 522. The molecule has 148 valence electrons. The fourth-order valence-corrected chi connectivity index (χ4v) is 4.25. The fourth-order valence-electron chi connectivity index (χ4n) is 2.77. The Balaban J connectivity index is 2.50. The zero-order chi connectivity index (χ0) is 19.8. The molecule has 0 saturated heterocycles. The lowest BCUT2D eigenvalue weighted by Crippen LogP contribution is -2.47. The van der Waals surface area contributed by atoms with Crippen LogP contribution in [0.25, 0.3) is 0 Å². The Labute approximate surface area is 161 Å². The monoisotopic (exact) mass is 378 g/mol. The Kier molecular flexibility index (Phi) is 9.21. The summed E-state index contributed by atoms with van der Waals surface area (Å²) < 4.78 is 12.4. The molecule has 0 saturated carbocycles. The van der Waals surface area contributed by atoms with Gasteiger partial charge in [0.1, 0.15) is 6.29 Å². The van der Waals surface area contributed by atoms with Crippen LogP contribution in [0.1, 0.15) is 53.0 Å².